The van der Waals surface area contributed by atoms with E-state index in [9.17, 15) is 4.39 Å². The van der Waals surface area contributed by atoms with Gasteiger partial charge in [0.1, 0.15) is 12.9 Å². The summed E-state index contributed by atoms with van der Waals surface area (Å²) >= 11 is 0. The average molecular weight is 353 g/mol. The Kier molecular flexibility index (Phi) is 2.62. The van der Waals surface area contributed by atoms with Crippen molar-refractivity contribution < 1.29 is 8.96 Å². The third-order valence-corrected chi connectivity index (χ3v) is 6.16. The highest BCUT2D eigenvalue weighted by Gasteiger charge is 2.25. The maximum absolute atomic E-state index is 14.9. The normalized spacial score (nSPS) is 12.4. The van der Waals surface area contributed by atoms with Crippen LogP contribution in [0.15, 0.2) is 54.7 Å². The summed E-state index contributed by atoms with van der Waals surface area (Å²) in [6.07, 6.45) is 2.12. The van der Waals surface area contributed by atoms with E-state index >= 15 is 0 Å². The van der Waals surface area contributed by atoms with Crippen LogP contribution in [0.3, 0.4) is 0 Å². The Morgan fingerprint density at radius 3 is 2.44 bits per heavy atom. The van der Waals surface area contributed by atoms with Crippen molar-refractivity contribution in [1.29, 1.82) is 0 Å². The number of nitrogens with zero attached hydrogens (tertiary/aromatic N) is 2. The molecule has 3 aromatic heterocycles. The van der Waals surface area contributed by atoms with Crippen LogP contribution in [-0.2, 0) is 7.05 Å². The van der Waals surface area contributed by atoms with Gasteiger partial charge in [0.2, 0.25) is 5.52 Å². The predicted molar refractivity (Wildman–Crippen MR) is 109 cm³/mol. The van der Waals surface area contributed by atoms with Crippen LogP contribution >= 0.6 is 0 Å². The fraction of sp³-hybridized carbons (Fsp3) is 0.125. The van der Waals surface area contributed by atoms with Gasteiger partial charge in [-0.3, -0.25) is 0 Å². The Balaban J connectivity index is 2.18. The number of aromatic nitrogens is 2. The number of halogens is 1. The number of aryl methyl sites for hydroxylation is 3. The van der Waals surface area contributed by atoms with Crippen molar-refractivity contribution in [2.75, 3.05) is 0 Å². The van der Waals surface area contributed by atoms with Gasteiger partial charge >= 0.3 is 0 Å². The summed E-state index contributed by atoms with van der Waals surface area (Å²) in [5, 5.41) is 5.36. The molecule has 130 valence electrons. The highest BCUT2D eigenvalue weighted by molar-refractivity contribution is 6.26. The van der Waals surface area contributed by atoms with Crippen LogP contribution in [0.5, 0.6) is 0 Å². The van der Waals surface area contributed by atoms with Crippen molar-refractivity contribution in [2.45, 2.75) is 13.8 Å². The van der Waals surface area contributed by atoms with Crippen molar-refractivity contribution in [2.24, 2.45) is 7.05 Å². The molecule has 3 heteroatoms. The Hall–Kier alpha value is -3.20. The zero-order valence-corrected chi connectivity index (χ0v) is 15.5. The van der Waals surface area contributed by atoms with E-state index in [1.165, 1.54) is 32.8 Å². The van der Waals surface area contributed by atoms with Gasteiger partial charge in [-0.2, -0.15) is 0 Å². The molecule has 0 atom stereocenters. The van der Waals surface area contributed by atoms with E-state index in [4.69, 9.17) is 0 Å². The lowest BCUT2D eigenvalue weighted by Gasteiger charge is -2.13. The lowest BCUT2D eigenvalue weighted by atomic mass is 9.96. The fourth-order valence-electron chi connectivity index (χ4n) is 4.84. The Labute approximate surface area is 155 Å². The van der Waals surface area contributed by atoms with E-state index in [1.807, 2.05) is 6.07 Å². The smallest absolute Gasteiger partial charge is 0.224 e. The highest BCUT2D eigenvalue weighted by Crippen LogP contribution is 2.41. The minimum atomic E-state index is -0.159. The molecule has 0 saturated carbocycles. The van der Waals surface area contributed by atoms with E-state index in [2.05, 4.69) is 66.4 Å². The van der Waals surface area contributed by atoms with Crippen LogP contribution in [0.2, 0.25) is 0 Å². The Bertz CT molecular complexity index is 1560. The molecule has 0 unspecified atom stereocenters. The second-order valence-electron chi connectivity index (χ2n) is 7.58. The van der Waals surface area contributed by atoms with Gasteiger partial charge < -0.3 is 4.40 Å². The molecule has 3 aromatic carbocycles. The molecule has 0 aliphatic rings. The van der Waals surface area contributed by atoms with Crippen LogP contribution in [-0.4, -0.2) is 4.40 Å². The monoisotopic (exact) mass is 353 g/mol. The summed E-state index contributed by atoms with van der Waals surface area (Å²) in [6.45, 7) is 4.30. The molecule has 2 nitrogen and oxygen atoms in total. The second kappa shape index (κ2) is 4.74. The minimum Gasteiger partial charge on any atom is -0.307 e. The van der Waals surface area contributed by atoms with Gasteiger partial charge in [-0.15, -0.1) is 0 Å². The summed E-state index contributed by atoms with van der Waals surface area (Å²) in [4.78, 5) is 0. The molecule has 0 fully saturated rings. The molecule has 0 saturated heterocycles. The quantitative estimate of drug-likeness (QED) is 0.192. The van der Waals surface area contributed by atoms with Crippen molar-refractivity contribution in [3.63, 3.8) is 0 Å². The Morgan fingerprint density at radius 2 is 1.63 bits per heavy atom. The largest absolute Gasteiger partial charge is 0.307 e. The molecule has 6 rings (SSSR count). The minimum absolute atomic E-state index is 0.159. The first-order chi connectivity index (χ1) is 13.1. The number of hydrogen-bond donors (Lipinski definition) is 0. The SMILES string of the molecule is Cc1cc2c3c(F)cccc3n3c4cccc5cc[n+](C)c(c(c1C)c23)c54. The first kappa shape index (κ1) is 14.9. The second-order valence-corrected chi connectivity index (χ2v) is 7.58. The van der Waals surface area contributed by atoms with Crippen LogP contribution in [0.1, 0.15) is 11.1 Å². The van der Waals surface area contributed by atoms with Gasteiger partial charge in [-0.05, 0) is 54.6 Å². The maximum atomic E-state index is 14.9. The molecule has 0 aliphatic carbocycles. The topological polar surface area (TPSA) is 8.29 Å². The van der Waals surface area contributed by atoms with Gasteiger partial charge in [0.15, 0.2) is 6.20 Å². The van der Waals surface area contributed by atoms with Crippen LogP contribution in [0, 0.1) is 19.7 Å². The molecular weight excluding hydrogens is 335 g/mol. The van der Waals surface area contributed by atoms with E-state index in [0.717, 1.165) is 21.9 Å². The van der Waals surface area contributed by atoms with Crippen LogP contribution in [0.25, 0.3) is 49.0 Å². The van der Waals surface area contributed by atoms with Gasteiger partial charge in [0, 0.05) is 16.8 Å². The third kappa shape index (κ3) is 1.63. The molecule has 3 heterocycles. The zero-order chi connectivity index (χ0) is 18.4. The van der Waals surface area contributed by atoms with E-state index in [1.54, 1.807) is 12.1 Å². The summed E-state index contributed by atoms with van der Waals surface area (Å²) < 4.78 is 19.4. The molecule has 27 heavy (non-hydrogen) atoms. The van der Waals surface area contributed by atoms with Gasteiger partial charge in [0.05, 0.1) is 27.3 Å². The van der Waals surface area contributed by atoms with Gasteiger partial charge in [0.25, 0.3) is 0 Å². The molecule has 0 spiro atoms. The number of fused-ring (bicyclic) bond motifs is 5. The number of benzene rings is 3. The van der Waals surface area contributed by atoms with Gasteiger partial charge in [-0.1, -0.05) is 18.2 Å². The molecule has 0 N–H and O–H groups in total. The summed E-state index contributed by atoms with van der Waals surface area (Å²) in [5.41, 5.74) is 6.83. The lowest BCUT2D eigenvalue weighted by molar-refractivity contribution is -0.643. The first-order valence-electron chi connectivity index (χ1n) is 9.23. The molecular formula is C24H18FN2+. The van der Waals surface area contributed by atoms with Crippen molar-refractivity contribution in [3.05, 3.63) is 71.7 Å². The summed E-state index contributed by atoms with van der Waals surface area (Å²) in [5.74, 6) is -0.159. The van der Waals surface area contributed by atoms with E-state index in [0.29, 0.717) is 5.39 Å². The number of rotatable bonds is 0. The van der Waals surface area contributed by atoms with E-state index < -0.39 is 0 Å². The maximum Gasteiger partial charge on any atom is 0.224 e. The van der Waals surface area contributed by atoms with Crippen LogP contribution < -0.4 is 4.57 Å². The average Bonchev–Trinajstić information content (AvgIpc) is 2.99. The van der Waals surface area contributed by atoms with Crippen molar-refractivity contribution in [3.8, 4) is 0 Å². The summed E-state index contributed by atoms with van der Waals surface area (Å²) in [6, 6.07) is 16.1. The van der Waals surface area contributed by atoms with Crippen molar-refractivity contribution in [1.82, 2.24) is 4.40 Å². The summed E-state index contributed by atoms with van der Waals surface area (Å²) in [7, 11) is 2.10. The third-order valence-electron chi connectivity index (χ3n) is 6.16. The first-order valence-corrected chi connectivity index (χ1v) is 9.23. The lowest BCUT2D eigenvalue weighted by Crippen LogP contribution is -2.29. The van der Waals surface area contributed by atoms with Crippen molar-refractivity contribution >= 4 is 49.0 Å². The molecule has 0 amide bonds. The standard InChI is InChI=1S/C24H18FN2/c1-13-12-16-22-17(25)7-5-9-19(22)27-18-8-4-6-15-10-11-26(3)24(21(15)18)20(14(13)2)23(16)27/h4-12H,1-3H3/q+1. The highest BCUT2D eigenvalue weighted by atomic mass is 19.1. The zero-order valence-electron chi connectivity index (χ0n) is 15.5. The fourth-order valence-corrected chi connectivity index (χ4v) is 4.84. The van der Waals surface area contributed by atoms with Crippen LogP contribution in [0.4, 0.5) is 4.39 Å². The van der Waals surface area contributed by atoms with E-state index in [-0.39, 0.29) is 5.82 Å². The molecule has 0 aliphatic heterocycles. The predicted octanol–water partition coefficient (Wildman–Crippen LogP) is 5.57. The molecule has 0 bridgehead atoms. The van der Waals surface area contributed by atoms with Gasteiger partial charge in [-0.25, -0.2) is 8.96 Å². The number of pyridine rings is 2. The molecule has 0 radical (unpaired) electrons. The molecule has 6 aromatic rings. The Morgan fingerprint density at radius 1 is 0.889 bits per heavy atom. The number of hydrogen-bond acceptors (Lipinski definition) is 0.